The summed E-state index contributed by atoms with van der Waals surface area (Å²) >= 11 is 3.66. The molecule has 0 aromatic heterocycles. The minimum Gasteiger partial charge on any atom is -0.200 e. The summed E-state index contributed by atoms with van der Waals surface area (Å²) in [6.07, 6.45) is 3.15. The lowest BCUT2D eigenvalue weighted by molar-refractivity contribution is 0.203. The zero-order valence-corrected chi connectivity index (χ0v) is 16.2. The summed E-state index contributed by atoms with van der Waals surface area (Å²) in [6, 6.07) is 6.82. The average molecular weight is 399 g/mol. The maximum absolute atomic E-state index is 12.4. The van der Waals surface area contributed by atoms with Crippen molar-refractivity contribution >= 4 is 31.7 Å². The molecule has 0 unspecified atom stereocenters. The van der Waals surface area contributed by atoms with Gasteiger partial charge in [0.25, 0.3) is 10.0 Å². The highest BCUT2D eigenvalue weighted by Gasteiger charge is 2.62. The Morgan fingerprint density at radius 1 is 1.30 bits per heavy atom. The molecule has 1 N–H and O–H groups in total. The SMILES string of the molecule is Cc1ccc(S(=O)(=O)N/N=C2/C[C@H]3CC[C@@]2(C)[C@]3(C)CBr)cc1. The highest BCUT2D eigenvalue weighted by Crippen LogP contribution is 2.64. The third-order valence-corrected chi connectivity index (χ3v) is 8.53. The van der Waals surface area contributed by atoms with E-state index in [0.717, 1.165) is 29.4 Å². The Morgan fingerprint density at radius 3 is 2.52 bits per heavy atom. The molecule has 23 heavy (non-hydrogen) atoms. The molecule has 0 aliphatic heterocycles. The van der Waals surface area contributed by atoms with Gasteiger partial charge in [0.05, 0.1) is 4.90 Å². The molecule has 2 saturated carbocycles. The van der Waals surface area contributed by atoms with Crippen LogP contribution in [0, 0.1) is 23.7 Å². The normalized spacial score (nSPS) is 35.0. The quantitative estimate of drug-likeness (QED) is 0.618. The molecule has 1 aromatic carbocycles. The fourth-order valence-electron chi connectivity index (χ4n) is 4.09. The molecule has 1 aromatic rings. The summed E-state index contributed by atoms with van der Waals surface area (Å²) in [7, 11) is -3.60. The molecule has 0 amide bonds. The zero-order chi connectivity index (χ0) is 16.9. The van der Waals surface area contributed by atoms with E-state index in [4.69, 9.17) is 0 Å². The molecule has 0 heterocycles. The molecule has 2 fully saturated rings. The average Bonchev–Trinajstić information content (AvgIpc) is 2.89. The first-order valence-electron chi connectivity index (χ1n) is 7.94. The first-order chi connectivity index (χ1) is 10.7. The van der Waals surface area contributed by atoms with Crippen molar-refractivity contribution in [1.29, 1.82) is 0 Å². The van der Waals surface area contributed by atoms with E-state index in [-0.39, 0.29) is 15.7 Å². The maximum atomic E-state index is 12.4. The second-order valence-corrected chi connectivity index (χ2v) is 9.51. The number of nitrogens with zero attached hydrogens (tertiary/aromatic N) is 1. The van der Waals surface area contributed by atoms with Gasteiger partial charge >= 0.3 is 0 Å². The molecule has 2 aliphatic rings. The third-order valence-electron chi connectivity index (χ3n) is 6.14. The lowest BCUT2D eigenvalue weighted by Crippen LogP contribution is -2.37. The molecular formula is C17H23BrN2O2S. The molecule has 126 valence electrons. The number of hydrogen-bond acceptors (Lipinski definition) is 3. The number of hydrogen-bond donors (Lipinski definition) is 1. The van der Waals surface area contributed by atoms with Crippen LogP contribution in [0.3, 0.4) is 0 Å². The number of nitrogens with one attached hydrogen (secondary N) is 1. The topological polar surface area (TPSA) is 58.5 Å². The lowest BCUT2D eigenvalue weighted by Gasteiger charge is -2.36. The first-order valence-corrected chi connectivity index (χ1v) is 10.5. The van der Waals surface area contributed by atoms with Gasteiger partial charge in [-0.15, -0.1) is 0 Å². The van der Waals surface area contributed by atoms with Crippen molar-refractivity contribution in [2.45, 2.75) is 44.9 Å². The van der Waals surface area contributed by atoms with E-state index < -0.39 is 10.0 Å². The van der Waals surface area contributed by atoms with E-state index in [2.05, 4.69) is 39.7 Å². The van der Waals surface area contributed by atoms with Crippen LogP contribution in [0.15, 0.2) is 34.3 Å². The van der Waals surface area contributed by atoms with Gasteiger partial charge < -0.3 is 0 Å². The summed E-state index contributed by atoms with van der Waals surface area (Å²) in [5.74, 6) is 0.578. The molecule has 4 nitrogen and oxygen atoms in total. The van der Waals surface area contributed by atoms with Crippen LogP contribution in [0.2, 0.25) is 0 Å². The minimum absolute atomic E-state index is 0.0308. The second-order valence-electron chi connectivity index (χ2n) is 7.29. The Balaban J connectivity index is 1.85. The van der Waals surface area contributed by atoms with Crippen LogP contribution >= 0.6 is 15.9 Å². The van der Waals surface area contributed by atoms with Gasteiger partial charge in [0, 0.05) is 16.5 Å². The zero-order valence-electron chi connectivity index (χ0n) is 13.8. The molecule has 2 bridgehead atoms. The van der Waals surface area contributed by atoms with Gasteiger partial charge in [0.2, 0.25) is 0 Å². The van der Waals surface area contributed by atoms with E-state index in [1.165, 1.54) is 6.42 Å². The van der Waals surface area contributed by atoms with Crippen LogP contribution in [-0.4, -0.2) is 19.5 Å². The van der Waals surface area contributed by atoms with Crippen molar-refractivity contribution in [3.63, 3.8) is 0 Å². The molecule has 3 atom stereocenters. The van der Waals surface area contributed by atoms with Gasteiger partial charge in [-0.05, 0) is 49.7 Å². The molecule has 0 saturated heterocycles. The summed E-state index contributed by atoms with van der Waals surface area (Å²) in [5, 5.41) is 5.27. The number of hydrazone groups is 1. The van der Waals surface area contributed by atoms with Crippen LogP contribution in [-0.2, 0) is 10.0 Å². The fourth-order valence-corrected chi connectivity index (χ4v) is 6.00. The standard InChI is InChI=1S/C17H23BrN2O2S/c1-12-4-6-14(7-5-12)23(21,22)20-19-15-10-13-8-9-16(15,2)17(13,3)11-18/h4-7,13,20H,8-11H2,1-3H3/b19-15-/t13-,16-,17-/m1/s1. The van der Waals surface area contributed by atoms with Crippen LogP contribution in [0.4, 0.5) is 0 Å². The van der Waals surface area contributed by atoms with Gasteiger partial charge in [-0.25, -0.2) is 4.83 Å². The predicted molar refractivity (Wildman–Crippen MR) is 96.3 cm³/mol. The third kappa shape index (κ3) is 2.54. The number of halogens is 1. The Kier molecular flexibility index (Phi) is 4.12. The Hall–Kier alpha value is -0.880. The number of aryl methyl sites for hydroxylation is 1. The van der Waals surface area contributed by atoms with E-state index in [1.54, 1.807) is 24.3 Å². The predicted octanol–water partition coefficient (Wildman–Crippen LogP) is 3.85. The van der Waals surface area contributed by atoms with Crippen molar-refractivity contribution in [3.05, 3.63) is 29.8 Å². The van der Waals surface area contributed by atoms with Crippen LogP contribution < -0.4 is 4.83 Å². The van der Waals surface area contributed by atoms with Gasteiger partial charge in [-0.1, -0.05) is 47.5 Å². The number of rotatable bonds is 4. The molecule has 2 aliphatic carbocycles. The summed E-state index contributed by atoms with van der Waals surface area (Å²) in [4.78, 5) is 2.71. The molecular weight excluding hydrogens is 376 g/mol. The van der Waals surface area contributed by atoms with Crippen molar-refractivity contribution in [3.8, 4) is 0 Å². The van der Waals surface area contributed by atoms with Crippen LogP contribution in [0.25, 0.3) is 0 Å². The summed E-state index contributed by atoms with van der Waals surface area (Å²) < 4.78 is 24.8. The largest absolute Gasteiger partial charge is 0.276 e. The maximum Gasteiger partial charge on any atom is 0.276 e. The van der Waals surface area contributed by atoms with E-state index in [0.29, 0.717) is 5.92 Å². The Morgan fingerprint density at radius 2 is 1.96 bits per heavy atom. The van der Waals surface area contributed by atoms with Crippen molar-refractivity contribution in [2.75, 3.05) is 5.33 Å². The van der Waals surface area contributed by atoms with Gasteiger partial charge in [-0.2, -0.15) is 13.5 Å². The van der Waals surface area contributed by atoms with Crippen molar-refractivity contribution in [1.82, 2.24) is 4.83 Å². The number of benzene rings is 1. The molecule has 0 spiro atoms. The van der Waals surface area contributed by atoms with Gasteiger partial charge in [0.15, 0.2) is 0 Å². The van der Waals surface area contributed by atoms with E-state index in [9.17, 15) is 8.42 Å². The first kappa shape index (κ1) is 17.0. The van der Waals surface area contributed by atoms with Gasteiger partial charge in [0.1, 0.15) is 0 Å². The van der Waals surface area contributed by atoms with Crippen LogP contribution in [0.5, 0.6) is 0 Å². The van der Waals surface area contributed by atoms with Crippen molar-refractivity contribution < 1.29 is 8.42 Å². The number of alkyl halides is 1. The minimum atomic E-state index is -3.60. The van der Waals surface area contributed by atoms with Crippen LogP contribution in [0.1, 0.15) is 38.7 Å². The summed E-state index contributed by atoms with van der Waals surface area (Å²) in [5.41, 5.74) is 2.15. The molecule has 0 radical (unpaired) electrons. The smallest absolute Gasteiger partial charge is 0.200 e. The van der Waals surface area contributed by atoms with E-state index >= 15 is 0 Å². The number of sulfonamides is 1. The highest BCUT2D eigenvalue weighted by atomic mass is 79.9. The molecule has 3 rings (SSSR count). The Bertz CT molecular complexity index is 744. The second kappa shape index (κ2) is 5.59. The molecule has 6 heteroatoms. The van der Waals surface area contributed by atoms with Gasteiger partial charge in [-0.3, -0.25) is 0 Å². The lowest BCUT2D eigenvalue weighted by atomic mass is 9.70. The fraction of sp³-hybridized carbons (Fsp3) is 0.588. The Labute approximate surface area is 146 Å². The van der Waals surface area contributed by atoms with Crippen molar-refractivity contribution in [2.24, 2.45) is 21.8 Å². The van der Waals surface area contributed by atoms with E-state index in [1.807, 2.05) is 6.92 Å². The summed E-state index contributed by atoms with van der Waals surface area (Å²) in [6.45, 7) is 6.44. The number of fused-ring (bicyclic) bond motifs is 2. The highest BCUT2D eigenvalue weighted by molar-refractivity contribution is 9.09. The monoisotopic (exact) mass is 398 g/mol.